The number of aryl methyl sites for hydroxylation is 1. The molecule has 2 unspecified atom stereocenters. The number of esters is 1. The molecular formula is C35H34N2O6. The van der Waals surface area contributed by atoms with Crippen LogP contribution in [0, 0.1) is 18.3 Å². The lowest BCUT2D eigenvalue weighted by molar-refractivity contribution is -0.153. The van der Waals surface area contributed by atoms with Gasteiger partial charge in [0, 0.05) is 28.4 Å². The first-order valence-electron chi connectivity index (χ1n) is 14.2. The first-order valence-corrected chi connectivity index (χ1v) is 14.2. The summed E-state index contributed by atoms with van der Waals surface area (Å²) < 4.78 is 10.9. The summed E-state index contributed by atoms with van der Waals surface area (Å²) in [4.78, 5) is 43.3. The summed E-state index contributed by atoms with van der Waals surface area (Å²) >= 11 is 0. The van der Waals surface area contributed by atoms with Gasteiger partial charge in [-0.25, -0.2) is 4.79 Å². The van der Waals surface area contributed by atoms with Gasteiger partial charge in [-0.3, -0.25) is 14.6 Å². The molecule has 1 amide bonds. The average molecular weight is 579 g/mol. The normalized spacial score (nSPS) is 19.1. The Kier molecular flexibility index (Phi) is 8.85. The zero-order valence-corrected chi connectivity index (χ0v) is 24.2. The lowest BCUT2D eigenvalue weighted by Crippen LogP contribution is -2.49. The molecule has 8 nitrogen and oxygen atoms in total. The van der Waals surface area contributed by atoms with Crippen molar-refractivity contribution in [1.82, 2.24) is 4.98 Å². The van der Waals surface area contributed by atoms with Gasteiger partial charge in [0.25, 0.3) is 0 Å². The smallest absolute Gasteiger partial charge is 0.330 e. The maximum atomic E-state index is 14.1. The van der Waals surface area contributed by atoms with Crippen LogP contribution < -0.4 is 10.1 Å². The summed E-state index contributed by atoms with van der Waals surface area (Å²) in [5.41, 5.74) is 3.58. The zero-order chi connectivity index (χ0) is 30.4. The molecule has 1 heterocycles. The number of rotatable bonds is 9. The van der Waals surface area contributed by atoms with Crippen molar-refractivity contribution in [2.45, 2.75) is 39.2 Å². The van der Waals surface area contributed by atoms with Crippen LogP contribution in [0.25, 0.3) is 10.9 Å². The lowest BCUT2D eigenvalue weighted by Gasteiger charge is -2.42. The number of ether oxygens (including phenoxy) is 2. The van der Waals surface area contributed by atoms with Crippen LogP contribution in [0.3, 0.4) is 0 Å². The summed E-state index contributed by atoms with van der Waals surface area (Å²) in [7, 11) is 1.29. The van der Waals surface area contributed by atoms with Gasteiger partial charge >= 0.3 is 11.9 Å². The minimum Gasteiger partial charge on any atom is -0.489 e. The molecule has 1 aliphatic carbocycles. The van der Waals surface area contributed by atoms with Crippen molar-refractivity contribution in [2.75, 3.05) is 12.4 Å². The van der Waals surface area contributed by atoms with Gasteiger partial charge in [0.1, 0.15) is 12.4 Å². The SMILES string of the molecule is COC(=O)C=C1CCC(C(=O)O)C(Cc2ccccc2)(C(=O)Nc2ccc(OCc3cc(C)nc4ccccc34)cc2)C1. The maximum absolute atomic E-state index is 14.1. The van der Waals surface area contributed by atoms with E-state index in [-0.39, 0.29) is 19.3 Å². The Hall–Kier alpha value is -4.98. The second-order valence-corrected chi connectivity index (χ2v) is 11.0. The lowest BCUT2D eigenvalue weighted by atomic mass is 9.61. The Morgan fingerprint density at radius 2 is 1.74 bits per heavy atom. The van der Waals surface area contributed by atoms with Crippen molar-refractivity contribution in [3.05, 3.63) is 113 Å². The van der Waals surface area contributed by atoms with Gasteiger partial charge in [0.05, 0.1) is 24.0 Å². The molecule has 3 aromatic carbocycles. The number of anilines is 1. The van der Waals surface area contributed by atoms with E-state index in [0.717, 1.165) is 27.7 Å². The first-order chi connectivity index (χ1) is 20.8. The number of methoxy groups -OCH3 is 1. The van der Waals surface area contributed by atoms with E-state index in [0.29, 0.717) is 30.0 Å². The van der Waals surface area contributed by atoms with Crippen molar-refractivity contribution in [1.29, 1.82) is 0 Å². The van der Waals surface area contributed by atoms with Crippen LogP contribution in [0.1, 0.15) is 36.1 Å². The Morgan fingerprint density at radius 3 is 2.47 bits per heavy atom. The van der Waals surface area contributed by atoms with E-state index < -0.39 is 29.2 Å². The fourth-order valence-corrected chi connectivity index (χ4v) is 5.96. The average Bonchev–Trinajstić information content (AvgIpc) is 3.00. The maximum Gasteiger partial charge on any atom is 0.330 e. The summed E-state index contributed by atoms with van der Waals surface area (Å²) in [5.74, 6) is -2.29. The van der Waals surface area contributed by atoms with Gasteiger partial charge < -0.3 is 19.9 Å². The summed E-state index contributed by atoms with van der Waals surface area (Å²) in [6, 6.07) is 26.3. The predicted octanol–water partition coefficient (Wildman–Crippen LogP) is 6.27. The van der Waals surface area contributed by atoms with Crippen LogP contribution >= 0.6 is 0 Å². The molecule has 8 heteroatoms. The van der Waals surface area contributed by atoms with E-state index in [1.807, 2.05) is 67.6 Å². The second kappa shape index (κ2) is 12.9. The summed E-state index contributed by atoms with van der Waals surface area (Å²) in [6.45, 7) is 2.30. The quantitative estimate of drug-likeness (QED) is 0.178. The van der Waals surface area contributed by atoms with Gasteiger partial charge in [-0.15, -0.1) is 0 Å². The molecule has 1 fully saturated rings. The molecule has 2 atom stereocenters. The van der Waals surface area contributed by atoms with E-state index in [2.05, 4.69) is 10.3 Å². The summed E-state index contributed by atoms with van der Waals surface area (Å²) in [6.07, 6.45) is 2.34. The van der Waals surface area contributed by atoms with E-state index >= 15 is 0 Å². The van der Waals surface area contributed by atoms with Crippen molar-refractivity contribution in [3.8, 4) is 5.75 Å². The number of carbonyl (C=O) groups excluding carboxylic acids is 2. The molecule has 2 N–H and O–H groups in total. The van der Waals surface area contributed by atoms with Gasteiger partial charge in [0.2, 0.25) is 5.91 Å². The number of nitrogens with one attached hydrogen (secondary N) is 1. The molecule has 220 valence electrons. The van der Waals surface area contributed by atoms with Crippen LogP contribution in [0.2, 0.25) is 0 Å². The summed E-state index contributed by atoms with van der Waals surface area (Å²) in [5, 5.41) is 14.2. The molecule has 5 rings (SSSR count). The third-order valence-electron chi connectivity index (χ3n) is 8.04. The van der Waals surface area contributed by atoms with Crippen LogP contribution in [-0.2, 0) is 32.1 Å². The van der Waals surface area contributed by atoms with Crippen LogP contribution in [0.4, 0.5) is 5.69 Å². The largest absolute Gasteiger partial charge is 0.489 e. The highest BCUT2D eigenvalue weighted by atomic mass is 16.5. The Bertz CT molecular complexity index is 1670. The molecule has 0 bridgehead atoms. The number of amides is 1. The number of aliphatic carboxylic acids is 1. The monoisotopic (exact) mass is 578 g/mol. The number of carboxylic acid groups (broad SMARTS) is 1. The van der Waals surface area contributed by atoms with E-state index in [1.54, 1.807) is 24.3 Å². The fourth-order valence-electron chi connectivity index (χ4n) is 5.96. The van der Waals surface area contributed by atoms with E-state index in [9.17, 15) is 19.5 Å². The molecule has 0 radical (unpaired) electrons. The molecule has 0 saturated heterocycles. The van der Waals surface area contributed by atoms with Gasteiger partial charge in [-0.1, -0.05) is 54.1 Å². The topological polar surface area (TPSA) is 115 Å². The Balaban J connectivity index is 1.38. The number of pyridine rings is 1. The van der Waals surface area contributed by atoms with Crippen molar-refractivity contribution in [2.24, 2.45) is 11.3 Å². The molecule has 43 heavy (non-hydrogen) atoms. The number of benzene rings is 3. The van der Waals surface area contributed by atoms with Crippen molar-refractivity contribution >= 4 is 34.4 Å². The molecule has 0 spiro atoms. The number of para-hydroxylation sites is 1. The Labute approximate surface area is 250 Å². The highest BCUT2D eigenvalue weighted by Gasteiger charge is 2.51. The number of hydrogen-bond acceptors (Lipinski definition) is 6. The van der Waals surface area contributed by atoms with Crippen molar-refractivity contribution < 1.29 is 29.0 Å². The first kappa shape index (κ1) is 29.5. The molecule has 1 saturated carbocycles. The Morgan fingerprint density at radius 1 is 1.02 bits per heavy atom. The highest BCUT2D eigenvalue weighted by molar-refractivity contribution is 5.99. The predicted molar refractivity (Wildman–Crippen MR) is 164 cm³/mol. The molecule has 1 aromatic heterocycles. The number of allylic oxidation sites excluding steroid dienone is 1. The van der Waals surface area contributed by atoms with Crippen LogP contribution in [-0.4, -0.2) is 35.0 Å². The number of nitrogens with zero attached hydrogens (tertiary/aromatic N) is 1. The number of aromatic nitrogens is 1. The fraction of sp³-hybridized carbons (Fsp3) is 0.257. The van der Waals surface area contributed by atoms with E-state index in [4.69, 9.17) is 9.47 Å². The van der Waals surface area contributed by atoms with Crippen LogP contribution in [0.5, 0.6) is 5.75 Å². The molecule has 1 aliphatic rings. The number of carbonyl (C=O) groups is 3. The van der Waals surface area contributed by atoms with Gasteiger partial charge in [-0.05, 0) is 74.6 Å². The minimum absolute atomic E-state index is 0.125. The molecular weight excluding hydrogens is 544 g/mol. The molecule has 4 aromatic rings. The molecule has 0 aliphatic heterocycles. The number of fused-ring (bicyclic) bond motifs is 1. The van der Waals surface area contributed by atoms with Crippen LogP contribution in [0.15, 0.2) is 96.6 Å². The number of carboxylic acids is 1. The van der Waals surface area contributed by atoms with Gasteiger partial charge in [-0.2, -0.15) is 0 Å². The van der Waals surface area contributed by atoms with E-state index in [1.165, 1.54) is 13.2 Å². The third-order valence-corrected chi connectivity index (χ3v) is 8.04. The highest BCUT2D eigenvalue weighted by Crippen LogP contribution is 2.47. The number of hydrogen-bond donors (Lipinski definition) is 2. The van der Waals surface area contributed by atoms with Crippen molar-refractivity contribution in [3.63, 3.8) is 0 Å². The minimum atomic E-state index is -1.32. The standard InChI is InChI=1S/C35H34N2O6/c1-23-18-26(29-10-6-7-11-31(29)36-23)22-43-28-15-13-27(14-16-28)37-34(41)35(20-24-8-4-3-5-9-24)21-25(19-32(38)42-2)12-17-30(35)33(39)40/h3-11,13-16,18-19,30H,12,17,20-22H2,1-2H3,(H,37,41)(H,39,40). The third kappa shape index (κ3) is 6.75. The van der Waals surface area contributed by atoms with Gasteiger partial charge in [0.15, 0.2) is 0 Å². The second-order valence-electron chi connectivity index (χ2n) is 11.0. The zero-order valence-electron chi connectivity index (χ0n) is 24.2.